The molecule has 0 bridgehead atoms. The third-order valence-corrected chi connectivity index (χ3v) is 8.20. The van der Waals surface area contributed by atoms with Crippen LogP contribution >= 0.6 is 23.2 Å². The van der Waals surface area contributed by atoms with Crippen LogP contribution in [0, 0.1) is 24.0 Å². The molecule has 2 atom stereocenters. The Morgan fingerprint density at radius 3 is 1.78 bits per heavy atom. The summed E-state index contributed by atoms with van der Waals surface area (Å²) in [7, 11) is -2.23. The molecule has 4 heterocycles. The molecule has 0 radical (unpaired) electrons. The van der Waals surface area contributed by atoms with Gasteiger partial charge in [0.05, 0.1) is 49.4 Å². The number of rotatable bonds is 10. The van der Waals surface area contributed by atoms with E-state index in [-0.39, 0.29) is 182 Å². The summed E-state index contributed by atoms with van der Waals surface area (Å²) >= 11 is 11.4. The molecule has 2 aromatic heterocycles. The molecular weight excluding hydrogens is 1060 g/mol. The van der Waals surface area contributed by atoms with Gasteiger partial charge in [-0.3, -0.25) is 14.4 Å². The van der Waals surface area contributed by atoms with Gasteiger partial charge in [0.1, 0.15) is 17.7 Å². The Balaban J connectivity index is 0.000000872. The number of ether oxygens (including phenoxy) is 3. The number of fused-ring (bicyclic) bond motifs is 2. The van der Waals surface area contributed by atoms with E-state index in [0.717, 1.165) is 22.3 Å². The van der Waals surface area contributed by atoms with E-state index in [2.05, 4.69) is 14.9 Å². The summed E-state index contributed by atoms with van der Waals surface area (Å²) in [6.07, 6.45) is 1.89. The van der Waals surface area contributed by atoms with Crippen LogP contribution in [0.5, 0.6) is 17.4 Å². The second-order valence-electron chi connectivity index (χ2n) is 11.7. The zero-order chi connectivity index (χ0) is 42.2. The van der Waals surface area contributed by atoms with Crippen molar-refractivity contribution in [1.29, 1.82) is 0 Å². The molecule has 0 spiro atoms. The summed E-state index contributed by atoms with van der Waals surface area (Å²) in [5.74, 6) is -0.0302. The monoisotopic (exact) mass is 1100 g/mol. The zero-order valence-corrected chi connectivity index (χ0v) is 46.9. The number of aryl methyl sites for hydroxylation is 2. The molecule has 0 amide bonds. The van der Waals surface area contributed by atoms with E-state index < -0.39 is 31.4 Å². The number of pyridine rings is 2. The molecule has 304 valence electrons. The number of hydrogen-bond donors (Lipinski definition) is 3. The smallest absolute Gasteiger partial charge is 1.00 e. The van der Waals surface area contributed by atoms with Crippen molar-refractivity contribution in [1.82, 2.24) is 9.97 Å². The third kappa shape index (κ3) is 17.8. The van der Waals surface area contributed by atoms with Gasteiger partial charge in [0, 0.05) is 23.4 Å². The van der Waals surface area contributed by atoms with Crippen LogP contribution in [0.4, 0.5) is 5.82 Å². The van der Waals surface area contributed by atoms with Crippen LogP contribution in [0.15, 0.2) is 60.9 Å². The number of carbonyl (C=O) groups excluding carboxylic acids is 3. The Labute approximate surface area is 468 Å². The van der Waals surface area contributed by atoms with Crippen molar-refractivity contribution >= 4 is 72.6 Å². The Morgan fingerprint density at radius 2 is 1.34 bits per heavy atom. The standard InChI is InChI=1S/C17H17BClNO5.C12H15BO5.C5H3ClN2O2.CH2O3.2Cs.H/c1-3-23-16(21)9-14-17-10(2)6-12(8-13(17)18(22)25-14)24-15-7-11(19)4-5-20-15;1-3-17-11(15)6-10-12-7(2)4-8(14)5-9(12)13(16)18-10;6-4-1-2-7-5(3-4)8(9)10;2-1-4-3;;;/h4-8,14,22H,3,9H2,1-2H3;4-5,10,14,16H,3,6H2,1-2H3;1-3H;1,3H;;;/q;;;;2*+1;-1/p-1. The largest absolute Gasteiger partial charge is 1.00 e. The van der Waals surface area contributed by atoms with Gasteiger partial charge in [-0.15, -0.1) is 0 Å². The molecule has 2 unspecified atom stereocenters. The van der Waals surface area contributed by atoms with Crippen LogP contribution in [0.25, 0.3) is 0 Å². The minimum absolute atomic E-state index is 0. The number of halogens is 2. The Hall–Kier alpha value is -1.24. The third-order valence-electron chi connectivity index (χ3n) is 7.73. The molecule has 0 saturated heterocycles. The maximum Gasteiger partial charge on any atom is 1.00 e. The van der Waals surface area contributed by atoms with Gasteiger partial charge < -0.3 is 60.4 Å². The van der Waals surface area contributed by atoms with Crippen LogP contribution < -0.4 is 159 Å². The first kappa shape index (κ1) is 55.8. The summed E-state index contributed by atoms with van der Waals surface area (Å²) in [5, 5.41) is 48.7. The summed E-state index contributed by atoms with van der Waals surface area (Å²) in [5.41, 5.74) is 4.27. The molecule has 2 aliphatic heterocycles. The molecule has 0 fully saturated rings. The van der Waals surface area contributed by atoms with E-state index in [0.29, 0.717) is 45.8 Å². The summed E-state index contributed by atoms with van der Waals surface area (Å²) in [4.78, 5) is 51.4. The van der Waals surface area contributed by atoms with Crippen LogP contribution in [0.2, 0.25) is 10.0 Å². The van der Waals surface area contributed by atoms with Gasteiger partial charge in [-0.05, 0) is 101 Å². The molecule has 2 aromatic carbocycles. The van der Waals surface area contributed by atoms with Crippen LogP contribution in [-0.4, -0.2) is 75.9 Å². The Kier molecular flexibility index (Phi) is 26.9. The van der Waals surface area contributed by atoms with Gasteiger partial charge in [-0.25, -0.2) is 4.98 Å². The topological polar surface area (TPSA) is 259 Å². The average molecular weight is 1100 g/mol. The van der Waals surface area contributed by atoms with Crippen LogP contribution in [0.3, 0.4) is 0 Å². The molecule has 3 N–H and O–H groups in total. The molecule has 0 saturated carbocycles. The van der Waals surface area contributed by atoms with E-state index in [1.54, 1.807) is 57.3 Å². The van der Waals surface area contributed by atoms with Gasteiger partial charge in [0.15, 0.2) is 0 Å². The fourth-order valence-corrected chi connectivity index (χ4v) is 5.94. The molecule has 6 rings (SSSR count). The Bertz CT molecular complexity index is 2050. The minimum Gasteiger partial charge on any atom is -1.00 e. The molecule has 18 nitrogen and oxygen atoms in total. The number of nitrogens with zero attached hydrogens (tertiary/aromatic N) is 3. The predicted octanol–water partition coefficient (Wildman–Crippen LogP) is -2.84. The maximum atomic E-state index is 11.7. The number of nitro groups is 1. The van der Waals surface area contributed by atoms with Crippen molar-refractivity contribution < 1.29 is 207 Å². The molecule has 0 aliphatic carbocycles. The second kappa shape index (κ2) is 28.5. The van der Waals surface area contributed by atoms with Gasteiger partial charge in [-0.2, -0.15) is 0 Å². The predicted molar refractivity (Wildman–Crippen MR) is 203 cm³/mol. The number of aromatic hydroxyl groups is 1. The van der Waals surface area contributed by atoms with Crippen molar-refractivity contribution in [2.75, 3.05) is 13.2 Å². The first-order valence-corrected chi connectivity index (χ1v) is 17.6. The fourth-order valence-electron chi connectivity index (χ4n) is 5.64. The fraction of sp³-hybridized carbons (Fsp3) is 0.286. The van der Waals surface area contributed by atoms with Crippen molar-refractivity contribution in [2.45, 2.75) is 52.7 Å². The van der Waals surface area contributed by atoms with E-state index in [9.17, 15) is 34.9 Å². The normalized spacial score (nSPS) is 14.1. The average Bonchev–Trinajstić information content (AvgIpc) is 3.63. The van der Waals surface area contributed by atoms with Gasteiger partial charge in [0.25, 0.3) is 6.47 Å². The number of carbonyl (C=O) groups is 3. The van der Waals surface area contributed by atoms with Crippen LogP contribution in [0.1, 0.15) is 62.6 Å². The van der Waals surface area contributed by atoms with Crippen LogP contribution in [-0.2, 0) is 38.1 Å². The van der Waals surface area contributed by atoms with Crippen molar-refractivity contribution in [3.63, 3.8) is 0 Å². The summed E-state index contributed by atoms with van der Waals surface area (Å²) in [6.45, 7) is 7.60. The molecule has 59 heavy (non-hydrogen) atoms. The maximum absolute atomic E-state index is 11.7. The quantitative estimate of drug-likeness (QED) is 0.0361. The van der Waals surface area contributed by atoms with E-state index in [1.807, 2.05) is 6.92 Å². The first-order valence-electron chi connectivity index (χ1n) is 16.9. The van der Waals surface area contributed by atoms with Gasteiger partial charge >= 0.3 is 170 Å². The van der Waals surface area contributed by atoms with Gasteiger partial charge in [-0.1, -0.05) is 23.2 Å². The number of benzene rings is 2. The van der Waals surface area contributed by atoms with Crippen molar-refractivity contribution in [3.05, 3.63) is 103 Å². The van der Waals surface area contributed by atoms with E-state index in [1.165, 1.54) is 24.4 Å². The molecular formula is C35H37B2Cl2Cs2N3O15. The Morgan fingerprint density at radius 1 is 0.864 bits per heavy atom. The number of phenolic OH excluding ortho intramolecular Hbond substituents is 1. The van der Waals surface area contributed by atoms with Crippen molar-refractivity contribution in [2.24, 2.45) is 0 Å². The number of hydrogen-bond acceptors (Lipinski definition) is 17. The number of phenols is 1. The molecule has 2 aliphatic rings. The van der Waals surface area contributed by atoms with Crippen molar-refractivity contribution in [3.8, 4) is 17.4 Å². The van der Waals surface area contributed by atoms with E-state index in [4.69, 9.17) is 56.8 Å². The SMILES string of the molecule is CCOC(=O)CC1OB(O)c2cc(O)cc(C)c21.CCOC(=O)CC1OB(O)c2cc(Oc3cc(Cl)ccn3)cc(C)c21.O=CO[O-].O=[N+]([O-])c1cc(Cl)ccn1.[Cs+].[Cs+].[H-]. The minimum atomic E-state index is -1.12. The summed E-state index contributed by atoms with van der Waals surface area (Å²) < 4.78 is 26.4. The molecule has 24 heteroatoms. The van der Waals surface area contributed by atoms with Gasteiger partial charge in [0.2, 0.25) is 5.88 Å². The first-order chi connectivity index (χ1) is 27.1. The second-order valence-corrected chi connectivity index (χ2v) is 12.6. The number of aromatic nitrogens is 2. The number of esters is 2. The summed E-state index contributed by atoms with van der Waals surface area (Å²) in [6, 6.07) is 12.5. The molecule has 4 aromatic rings. The van der Waals surface area contributed by atoms with E-state index >= 15 is 0 Å². The zero-order valence-electron chi connectivity index (χ0n) is 33.8.